The first-order chi connectivity index (χ1) is 13.9. The van der Waals surface area contributed by atoms with E-state index in [1.807, 2.05) is 0 Å². The van der Waals surface area contributed by atoms with Crippen LogP contribution in [0, 0.1) is 0 Å². The van der Waals surface area contributed by atoms with Gasteiger partial charge in [-0.15, -0.1) is 0 Å². The summed E-state index contributed by atoms with van der Waals surface area (Å²) in [4.78, 5) is 23.3. The molecule has 1 amide bonds. The SMILES string of the molecule is COc1cc(C(=O)Nc2ccc(/C(CCC(=O)O)=N\O)cc2)cc(OC)c1OC. The fourth-order valence-electron chi connectivity index (χ4n) is 2.64. The number of nitrogens with one attached hydrogen (secondary N) is 1. The number of methoxy groups -OCH3 is 3. The first kappa shape index (κ1) is 21.5. The van der Waals surface area contributed by atoms with Crippen molar-refractivity contribution in [2.75, 3.05) is 26.6 Å². The third kappa shape index (κ3) is 5.38. The second kappa shape index (κ2) is 9.98. The highest BCUT2D eigenvalue weighted by Crippen LogP contribution is 2.38. The van der Waals surface area contributed by atoms with Gasteiger partial charge < -0.3 is 29.8 Å². The van der Waals surface area contributed by atoms with Gasteiger partial charge in [-0.25, -0.2) is 0 Å². The summed E-state index contributed by atoms with van der Waals surface area (Å²) < 4.78 is 15.7. The van der Waals surface area contributed by atoms with Crippen molar-refractivity contribution < 1.29 is 34.1 Å². The van der Waals surface area contributed by atoms with Crippen LogP contribution in [0.1, 0.15) is 28.8 Å². The number of carboxylic acids is 1. The molecule has 0 bridgehead atoms. The molecule has 0 aliphatic carbocycles. The lowest BCUT2D eigenvalue weighted by molar-refractivity contribution is -0.136. The van der Waals surface area contributed by atoms with Gasteiger partial charge >= 0.3 is 5.97 Å². The number of carbonyl (C=O) groups excluding carboxylic acids is 1. The minimum Gasteiger partial charge on any atom is -0.493 e. The number of anilines is 1. The first-order valence-electron chi connectivity index (χ1n) is 8.58. The van der Waals surface area contributed by atoms with E-state index < -0.39 is 5.97 Å². The number of carbonyl (C=O) groups is 2. The molecule has 0 aliphatic rings. The predicted molar refractivity (Wildman–Crippen MR) is 106 cm³/mol. The summed E-state index contributed by atoms with van der Waals surface area (Å²) in [6, 6.07) is 9.57. The van der Waals surface area contributed by atoms with Crippen LogP contribution in [-0.4, -0.2) is 49.2 Å². The van der Waals surface area contributed by atoms with Crippen LogP contribution >= 0.6 is 0 Å². The van der Waals surface area contributed by atoms with E-state index in [0.29, 0.717) is 34.1 Å². The van der Waals surface area contributed by atoms with Crippen LogP contribution in [-0.2, 0) is 4.79 Å². The van der Waals surface area contributed by atoms with Crippen LogP contribution in [0.5, 0.6) is 17.2 Å². The largest absolute Gasteiger partial charge is 0.493 e. The lowest BCUT2D eigenvalue weighted by atomic mass is 10.1. The third-order valence-electron chi connectivity index (χ3n) is 4.10. The summed E-state index contributed by atoms with van der Waals surface area (Å²) in [7, 11) is 4.40. The van der Waals surface area contributed by atoms with Crippen LogP contribution < -0.4 is 19.5 Å². The smallest absolute Gasteiger partial charge is 0.303 e. The van der Waals surface area contributed by atoms with Gasteiger partial charge in [-0.2, -0.15) is 0 Å². The Bertz CT molecular complexity index is 883. The number of hydrogen-bond donors (Lipinski definition) is 3. The summed E-state index contributed by atoms with van der Waals surface area (Å²) in [5.74, 6) is -0.281. The molecule has 9 nitrogen and oxygen atoms in total. The zero-order valence-electron chi connectivity index (χ0n) is 16.3. The second-order valence-electron chi connectivity index (χ2n) is 5.89. The summed E-state index contributed by atoms with van der Waals surface area (Å²) >= 11 is 0. The van der Waals surface area contributed by atoms with Gasteiger partial charge in [0.05, 0.1) is 33.5 Å². The Morgan fingerprint density at radius 3 is 1.97 bits per heavy atom. The van der Waals surface area contributed by atoms with Crippen LogP contribution in [0.25, 0.3) is 0 Å². The highest BCUT2D eigenvalue weighted by Gasteiger charge is 2.17. The molecule has 0 heterocycles. The molecule has 0 aliphatic heterocycles. The van der Waals surface area contributed by atoms with Crippen LogP contribution in [0.2, 0.25) is 0 Å². The maximum atomic E-state index is 12.6. The van der Waals surface area contributed by atoms with Crippen molar-refractivity contribution in [2.45, 2.75) is 12.8 Å². The third-order valence-corrected chi connectivity index (χ3v) is 4.10. The van der Waals surface area contributed by atoms with Gasteiger partial charge in [-0.05, 0) is 29.8 Å². The molecular weight excluding hydrogens is 380 g/mol. The molecule has 2 aromatic rings. The zero-order chi connectivity index (χ0) is 21.4. The van der Waals surface area contributed by atoms with Crippen molar-refractivity contribution in [1.29, 1.82) is 0 Å². The molecule has 0 spiro atoms. The Morgan fingerprint density at radius 1 is 0.931 bits per heavy atom. The average Bonchev–Trinajstić information content (AvgIpc) is 2.73. The van der Waals surface area contributed by atoms with Gasteiger partial charge in [-0.3, -0.25) is 9.59 Å². The molecule has 2 aromatic carbocycles. The zero-order valence-corrected chi connectivity index (χ0v) is 16.3. The second-order valence-corrected chi connectivity index (χ2v) is 5.89. The Hall–Kier alpha value is -3.75. The number of ether oxygens (including phenoxy) is 3. The Morgan fingerprint density at radius 2 is 1.52 bits per heavy atom. The molecule has 9 heteroatoms. The summed E-state index contributed by atoms with van der Waals surface area (Å²) in [5, 5.41) is 23.7. The van der Waals surface area contributed by atoms with Crippen LogP contribution in [0.4, 0.5) is 5.69 Å². The van der Waals surface area contributed by atoms with Crippen molar-refractivity contribution in [2.24, 2.45) is 5.16 Å². The fraction of sp³-hybridized carbons (Fsp3) is 0.250. The van der Waals surface area contributed by atoms with E-state index in [1.54, 1.807) is 24.3 Å². The minimum absolute atomic E-state index is 0.0863. The van der Waals surface area contributed by atoms with Crippen molar-refractivity contribution >= 4 is 23.3 Å². The summed E-state index contributed by atoms with van der Waals surface area (Å²) in [5.41, 5.74) is 1.61. The highest BCUT2D eigenvalue weighted by atomic mass is 16.5. The van der Waals surface area contributed by atoms with E-state index in [0.717, 1.165) is 0 Å². The number of benzene rings is 2. The van der Waals surface area contributed by atoms with Crippen LogP contribution in [0.15, 0.2) is 41.6 Å². The Balaban J connectivity index is 2.18. The van der Waals surface area contributed by atoms with Gasteiger partial charge in [0.25, 0.3) is 5.91 Å². The number of rotatable bonds is 9. The van der Waals surface area contributed by atoms with Gasteiger partial charge in [0.2, 0.25) is 5.75 Å². The standard InChI is InChI=1S/C20H22N2O7/c1-27-16-10-13(11-17(28-2)19(16)29-3)20(25)21-14-6-4-12(5-7-14)15(22-26)8-9-18(23)24/h4-7,10-11,26H,8-9H2,1-3H3,(H,21,25)(H,23,24)/b22-15-. The van der Waals surface area contributed by atoms with Crippen molar-refractivity contribution in [3.8, 4) is 17.2 Å². The van der Waals surface area contributed by atoms with E-state index >= 15 is 0 Å². The topological polar surface area (TPSA) is 127 Å². The molecule has 0 unspecified atom stereocenters. The monoisotopic (exact) mass is 402 g/mol. The molecule has 3 N–H and O–H groups in total. The molecule has 0 saturated carbocycles. The first-order valence-corrected chi connectivity index (χ1v) is 8.58. The van der Waals surface area contributed by atoms with Gasteiger partial charge in [0.15, 0.2) is 11.5 Å². The number of amides is 1. The Kier molecular flexibility index (Phi) is 7.41. The van der Waals surface area contributed by atoms with Gasteiger partial charge in [-0.1, -0.05) is 17.3 Å². The number of nitrogens with zero attached hydrogens (tertiary/aromatic N) is 1. The quantitative estimate of drug-likeness (QED) is 0.334. The summed E-state index contributed by atoms with van der Waals surface area (Å²) in [6.07, 6.45) is -0.0675. The average molecular weight is 402 g/mol. The number of carboxylic acid groups (broad SMARTS) is 1. The molecule has 0 radical (unpaired) electrons. The molecular formula is C20H22N2O7. The minimum atomic E-state index is -0.986. The van der Waals surface area contributed by atoms with E-state index in [1.165, 1.54) is 33.5 Å². The maximum Gasteiger partial charge on any atom is 0.303 e. The van der Waals surface area contributed by atoms with Gasteiger partial charge in [0, 0.05) is 17.7 Å². The van der Waals surface area contributed by atoms with E-state index in [4.69, 9.17) is 24.5 Å². The molecule has 154 valence electrons. The van der Waals surface area contributed by atoms with Crippen molar-refractivity contribution in [1.82, 2.24) is 0 Å². The predicted octanol–water partition coefficient (Wildman–Crippen LogP) is 3.01. The molecule has 0 atom stereocenters. The number of hydrogen-bond acceptors (Lipinski definition) is 7. The fourth-order valence-corrected chi connectivity index (χ4v) is 2.64. The summed E-state index contributed by atoms with van der Waals surface area (Å²) in [6.45, 7) is 0. The lowest BCUT2D eigenvalue weighted by Gasteiger charge is -2.14. The molecule has 2 rings (SSSR count). The van der Waals surface area contributed by atoms with E-state index in [2.05, 4.69) is 10.5 Å². The molecule has 29 heavy (non-hydrogen) atoms. The normalized spacial score (nSPS) is 10.9. The molecule has 0 saturated heterocycles. The van der Waals surface area contributed by atoms with Gasteiger partial charge in [0.1, 0.15) is 0 Å². The molecule has 0 aromatic heterocycles. The number of oxime groups is 1. The number of aliphatic carboxylic acids is 1. The lowest BCUT2D eigenvalue weighted by Crippen LogP contribution is -2.13. The van der Waals surface area contributed by atoms with E-state index in [-0.39, 0.29) is 24.5 Å². The van der Waals surface area contributed by atoms with Crippen molar-refractivity contribution in [3.63, 3.8) is 0 Å². The van der Waals surface area contributed by atoms with Crippen molar-refractivity contribution in [3.05, 3.63) is 47.5 Å². The van der Waals surface area contributed by atoms with Crippen LogP contribution in [0.3, 0.4) is 0 Å². The highest BCUT2D eigenvalue weighted by molar-refractivity contribution is 6.06. The van der Waals surface area contributed by atoms with E-state index in [9.17, 15) is 9.59 Å². The molecule has 0 fully saturated rings. The Labute approximate surface area is 167 Å². The maximum absolute atomic E-state index is 12.6.